The number of amides is 1. The Morgan fingerprint density at radius 2 is 1.79 bits per heavy atom. The summed E-state index contributed by atoms with van der Waals surface area (Å²) in [4.78, 5) is 14.7. The number of carbonyl (C=O) groups is 1. The molecule has 6 nitrogen and oxygen atoms in total. The van der Waals surface area contributed by atoms with Crippen LogP contribution in [0.15, 0.2) is 42.5 Å². The summed E-state index contributed by atoms with van der Waals surface area (Å²) in [5.74, 6) is 1.05. The molecule has 1 fully saturated rings. The van der Waals surface area contributed by atoms with Crippen molar-refractivity contribution in [1.82, 2.24) is 10.2 Å². The standard InChI is InChI=1S/C24H29F3N2O4/c1-31-21-5-3-4-18(23(21)32-2)8-11-22(30)28-16-20(29-12-14-33-15-13-29)17-6-9-19(10-7-17)24(25,26)27/h3-7,9-10,20H,8,11-16H2,1-2H3,(H,28,30). The molecule has 1 aliphatic rings. The number of nitrogens with zero attached hydrogens (tertiary/aromatic N) is 1. The molecule has 0 aliphatic carbocycles. The highest BCUT2D eigenvalue weighted by Crippen LogP contribution is 2.32. The van der Waals surface area contributed by atoms with Crippen LogP contribution in [0.2, 0.25) is 0 Å². The Morgan fingerprint density at radius 3 is 2.39 bits per heavy atom. The number of halogens is 3. The minimum Gasteiger partial charge on any atom is -0.493 e. The van der Waals surface area contributed by atoms with Gasteiger partial charge in [-0.05, 0) is 35.7 Å². The van der Waals surface area contributed by atoms with Crippen LogP contribution in [0.5, 0.6) is 11.5 Å². The third kappa shape index (κ3) is 6.61. The zero-order valence-corrected chi connectivity index (χ0v) is 18.8. The van der Waals surface area contributed by atoms with Gasteiger partial charge in [-0.25, -0.2) is 0 Å². The van der Waals surface area contributed by atoms with Gasteiger partial charge < -0.3 is 19.5 Å². The van der Waals surface area contributed by atoms with E-state index in [1.54, 1.807) is 20.3 Å². The van der Waals surface area contributed by atoms with Gasteiger partial charge in [0, 0.05) is 26.1 Å². The second-order valence-electron chi connectivity index (χ2n) is 7.74. The van der Waals surface area contributed by atoms with Crippen LogP contribution in [0.25, 0.3) is 0 Å². The number of carbonyl (C=O) groups excluding carboxylic acids is 1. The van der Waals surface area contributed by atoms with Crippen LogP contribution in [0.3, 0.4) is 0 Å². The molecule has 1 amide bonds. The van der Waals surface area contributed by atoms with Gasteiger partial charge in [0.05, 0.1) is 39.0 Å². The molecule has 9 heteroatoms. The molecule has 0 bridgehead atoms. The maximum atomic E-state index is 13.0. The van der Waals surface area contributed by atoms with E-state index in [0.717, 1.165) is 23.3 Å². The molecule has 0 radical (unpaired) electrons. The van der Waals surface area contributed by atoms with Crippen molar-refractivity contribution in [2.75, 3.05) is 47.1 Å². The Balaban J connectivity index is 1.65. The summed E-state index contributed by atoms with van der Waals surface area (Å²) in [6.45, 7) is 2.66. The van der Waals surface area contributed by atoms with Gasteiger partial charge in [-0.15, -0.1) is 0 Å². The quantitative estimate of drug-likeness (QED) is 0.609. The van der Waals surface area contributed by atoms with Crippen LogP contribution in [0.1, 0.15) is 29.2 Å². The topological polar surface area (TPSA) is 60.0 Å². The number of alkyl halides is 3. The fourth-order valence-corrected chi connectivity index (χ4v) is 3.94. The Hall–Kier alpha value is -2.78. The number of para-hydroxylation sites is 1. The molecular weight excluding hydrogens is 437 g/mol. The average Bonchev–Trinajstić information content (AvgIpc) is 2.83. The summed E-state index contributed by atoms with van der Waals surface area (Å²) >= 11 is 0. The second kappa shape index (κ2) is 11.4. The predicted octanol–water partition coefficient (Wildman–Crippen LogP) is 3.84. The lowest BCUT2D eigenvalue weighted by Crippen LogP contribution is -2.43. The molecule has 1 heterocycles. The minimum atomic E-state index is -4.39. The number of methoxy groups -OCH3 is 2. The molecule has 1 aliphatic heterocycles. The summed E-state index contributed by atoms with van der Waals surface area (Å²) in [6, 6.07) is 10.4. The number of rotatable bonds is 9. The van der Waals surface area contributed by atoms with Gasteiger partial charge in [-0.1, -0.05) is 24.3 Å². The Kier molecular flexibility index (Phi) is 8.57. The van der Waals surface area contributed by atoms with Gasteiger partial charge in [0.1, 0.15) is 0 Å². The van der Waals surface area contributed by atoms with E-state index in [2.05, 4.69) is 10.2 Å². The molecule has 2 aromatic carbocycles. The second-order valence-corrected chi connectivity index (χ2v) is 7.74. The molecule has 1 saturated heterocycles. The molecular formula is C24H29F3N2O4. The number of morpholine rings is 1. The zero-order valence-electron chi connectivity index (χ0n) is 18.8. The average molecular weight is 467 g/mol. The summed E-state index contributed by atoms with van der Waals surface area (Å²) in [6.07, 6.45) is -3.68. The van der Waals surface area contributed by atoms with Gasteiger partial charge in [-0.2, -0.15) is 13.2 Å². The van der Waals surface area contributed by atoms with Gasteiger partial charge in [0.2, 0.25) is 5.91 Å². The molecule has 2 aromatic rings. The van der Waals surface area contributed by atoms with Crippen molar-refractivity contribution in [3.8, 4) is 11.5 Å². The van der Waals surface area contributed by atoms with Crippen LogP contribution in [0.4, 0.5) is 13.2 Å². The summed E-state index contributed by atoms with van der Waals surface area (Å²) in [5.41, 5.74) is 0.891. The van der Waals surface area contributed by atoms with E-state index >= 15 is 0 Å². The maximum absolute atomic E-state index is 13.0. The van der Waals surface area contributed by atoms with Crippen molar-refractivity contribution in [3.63, 3.8) is 0 Å². The molecule has 1 unspecified atom stereocenters. The number of hydrogen-bond donors (Lipinski definition) is 1. The molecule has 33 heavy (non-hydrogen) atoms. The first kappa shape index (κ1) is 24.9. The third-order valence-corrected chi connectivity index (χ3v) is 5.71. The largest absolute Gasteiger partial charge is 0.493 e. The lowest BCUT2D eigenvalue weighted by Gasteiger charge is -2.35. The fraction of sp³-hybridized carbons (Fsp3) is 0.458. The number of nitrogens with one attached hydrogen (secondary N) is 1. The first-order valence-corrected chi connectivity index (χ1v) is 10.8. The van der Waals surface area contributed by atoms with Gasteiger partial charge in [-0.3, -0.25) is 9.69 Å². The molecule has 0 saturated carbocycles. The van der Waals surface area contributed by atoms with Gasteiger partial charge in [0.15, 0.2) is 11.5 Å². The third-order valence-electron chi connectivity index (χ3n) is 5.71. The molecule has 1 N–H and O–H groups in total. The van der Waals surface area contributed by atoms with Crippen LogP contribution in [-0.4, -0.2) is 57.9 Å². The first-order chi connectivity index (χ1) is 15.8. The van der Waals surface area contributed by atoms with Crippen LogP contribution >= 0.6 is 0 Å². The van der Waals surface area contributed by atoms with Crippen molar-refractivity contribution >= 4 is 5.91 Å². The van der Waals surface area contributed by atoms with Gasteiger partial charge in [0.25, 0.3) is 0 Å². The number of aryl methyl sites for hydroxylation is 1. The lowest BCUT2D eigenvalue weighted by molar-refractivity contribution is -0.137. The molecule has 180 valence electrons. The maximum Gasteiger partial charge on any atom is 0.416 e. The van der Waals surface area contributed by atoms with Gasteiger partial charge >= 0.3 is 6.18 Å². The molecule has 0 spiro atoms. The SMILES string of the molecule is COc1cccc(CCC(=O)NCC(c2ccc(C(F)(F)F)cc2)N2CCOCC2)c1OC. The van der Waals surface area contributed by atoms with E-state index in [1.165, 1.54) is 12.1 Å². The van der Waals surface area contributed by atoms with E-state index in [0.29, 0.717) is 50.8 Å². The van der Waals surface area contributed by atoms with E-state index < -0.39 is 11.7 Å². The van der Waals surface area contributed by atoms with E-state index in [4.69, 9.17) is 14.2 Å². The number of benzene rings is 2. The van der Waals surface area contributed by atoms with Crippen molar-refractivity contribution in [3.05, 3.63) is 59.2 Å². The first-order valence-electron chi connectivity index (χ1n) is 10.8. The minimum absolute atomic E-state index is 0.148. The smallest absolute Gasteiger partial charge is 0.416 e. The van der Waals surface area contributed by atoms with E-state index in [9.17, 15) is 18.0 Å². The fourth-order valence-electron chi connectivity index (χ4n) is 3.94. The van der Waals surface area contributed by atoms with Crippen LogP contribution in [-0.2, 0) is 22.1 Å². The van der Waals surface area contributed by atoms with E-state index in [-0.39, 0.29) is 18.4 Å². The zero-order chi connectivity index (χ0) is 23.8. The summed E-state index contributed by atoms with van der Waals surface area (Å²) in [7, 11) is 3.11. The Morgan fingerprint density at radius 1 is 1.09 bits per heavy atom. The Labute approximate surface area is 191 Å². The van der Waals surface area contributed by atoms with Crippen molar-refractivity contribution in [1.29, 1.82) is 0 Å². The van der Waals surface area contributed by atoms with E-state index in [1.807, 2.05) is 12.1 Å². The van der Waals surface area contributed by atoms with Crippen LogP contribution < -0.4 is 14.8 Å². The lowest BCUT2D eigenvalue weighted by atomic mass is 10.0. The number of hydrogen-bond acceptors (Lipinski definition) is 5. The highest BCUT2D eigenvalue weighted by molar-refractivity contribution is 5.76. The predicted molar refractivity (Wildman–Crippen MR) is 117 cm³/mol. The summed E-state index contributed by atoms with van der Waals surface area (Å²) in [5, 5.41) is 2.94. The monoisotopic (exact) mass is 466 g/mol. The molecule has 1 atom stereocenters. The Bertz CT molecular complexity index is 913. The van der Waals surface area contributed by atoms with Crippen molar-refractivity contribution < 1.29 is 32.2 Å². The highest BCUT2D eigenvalue weighted by Gasteiger charge is 2.31. The highest BCUT2D eigenvalue weighted by atomic mass is 19.4. The van der Waals surface area contributed by atoms with Crippen LogP contribution in [0, 0.1) is 0 Å². The number of ether oxygens (including phenoxy) is 3. The van der Waals surface area contributed by atoms with Crippen molar-refractivity contribution in [2.24, 2.45) is 0 Å². The normalized spacial score (nSPS) is 15.7. The summed E-state index contributed by atoms with van der Waals surface area (Å²) < 4.78 is 55.0. The molecule has 0 aromatic heterocycles. The molecule has 3 rings (SSSR count). The van der Waals surface area contributed by atoms with Crippen molar-refractivity contribution in [2.45, 2.75) is 25.1 Å².